The predicted molar refractivity (Wildman–Crippen MR) is 77.6 cm³/mol. The lowest BCUT2D eigenvalue weighted by Gasteiger charge is -2.16. The lowest BCUT2D eigenvalue weighted by Crippen LogP contribution is -2.23. The van der Waals surface area contributed by atoms with Crippen molar-refractivity contribution in [1.82, 2.24) is 0 Å². The summed E-state index contributed by atoms with van der Waals surface area (Å²) in [4.78, 5) is 25.0. The number of amides is 2. The molecule has 0 spiro atoms. The van der Waals surface area contributed by atoms with E-state index in [1.54, 1.807) is 24.0 Å². The number of aliphatic hydroxyl groups is 1. The van der Waals surface area contributed by atoms with Crippen LogP contribution in [0.2, 0.25) is 0 Å². The first-order chi connectivity index (χ1) is 9.56. The number of carbonyl (C=O) groups is 2. The molecule has 1 unspecified atom stereocenters. The Bertz CT molecular complexity index is 482. The van der Waals surface area contributed by atoms with Crippen LogP contribution in [0.5, 0.6) is 0 Å². The zero-order valence-corrected chi connectivity index (χ0v) is 11.6. The van der Waals surface area contributed by atoms with Crippen LogP contribution in [0.1, 0.15) is 32.6 Å². The van der Waals surface area contributed by atoms with Crippen LogP contribution in [0, 0.1) is 0 Å². The molecule has 5 nitrogen and oxygen atoms in total. The molecule has 1 aliphatic rings. The van der Waals surface area contributed by atoms with Crippen LogP contribution in [-0.2, 0) is 9.59 Å². The highest BCUT2D eigenvalue weighted by Crippen LogP contribution is 2.23. The van der Waals surface area contributed by atoms with E-state index >= 15 is 0 Å². The third kappa shape index (κ3) is 3.81. The van der Waals surface area contributed by atoms with E-state index in [1.807, 2.05) is 12.1 Å². The summed E-state index contributed by atoms with van der Waals surface area (Å²) in [6.45, 7) is 2.42. The van der Waals surface area contributed by atoms with Crippen LogP contribution in [0.3, 0.4) is 0 Å². The van der Waals surface area contributed by atoms with Crippen LogP contribution >= 0.6 is 0 Å². The maximum atomic E-state index is 11.6. The molecule has 1 saturated heterocycles. The number of hydrogen-bond donors (Lipinski definition) is 2. The van der Waals surface area contributed by atoms with Crippen LogP contribution in [0.25, 0.3) is 0 Å². The van der Waals surface area contributed by atoms with Crippen molar-refractivity contribution in [2.45, 2.75) is 38.7 Å². The van der Waals surface area contributed by atoms with Gasteiger partial charge in [-0.25, -0.2) is 0 Å². The predicted octanol–water partition coefficient (Wildman–Crippen LogP) is 1.91. The van der Waals surface area contributed by atoms with E-state index in [1.165, 1.54) is 0 Å². The molecule has 0 aromatic heterocycles. The number of benzene rings is 1. The van der Waals surface area contributed by atoms with Crippen molar-refractivity contribution in [3.05, 3.63) is 24.3 Å². The molecule has 1 aliphatic heterocycles. The lowest BCUT2D eigenvalue weighted by molar-refractivity contribution is -0.117. The second kappa shape index (κ2) is 6.52. The van der Waals surface area contributed by atoms with Gasteiger partial charge in [-0.2, -0.15) is 0 Å². The Morgan fingerprint density at radius 3 is 2.65 bits per heavy atom. The summed E-state index contributed by atoms with van der Waals surface area (Å²) >= 11 is 0. The Kier molecular flexibility index (Phi) is 4.74. The first kappa shape index (κ1) is 14.5. The first-order valence-electron chi connectivity index (χ1n) is 6.94. The van der Waals surface area contributed by atoms with Crippen molar-refractivity contribution in [2.24, 2.45) is 0 Å². The molecule has 2 N–H and O–H groups in total. The van der Waals surface area contributed by atoms with Gasteiger partial charge in [0.05, 0.1) is 6.10 Å². The van der Waals surface area contributed by atoms with Gasteiger partial charge in [-0.3, -0.25) is 9.59 Å². The Morgan fingerprint density at radius 2 is 2.10 bits per heavy atom. The Balaban J connectivity index is 1.91. The van der Waals surface area contributed by atoms with Gasteiger partial charge in [0, 0.05) is 30.8 Å². The summed E-state index contributed by atoms with van der Waals surface area (Å²) < 4.78 is 0. The van der Waals surface area contributed by atoms with Gasteiger partial charge in [-0.1, -0.05) is 0 Å². The lowest BCUT2D eigenvalue weighted by atomic mass is 10.2. The Morgan fingerprint density at radius 1 is 1.40 bits per heavy atom. The average Bonchev–Trinajstić information content (AvgIpc) is 2.84. The minimum absolute atomic E-state index is 0.115. The van der Waals surface area contributed by atoms with Gasteiger partial charge in [0.2, 0.25) is 11.8 Å². The zero-order chi connectivity index (χ0) is 14.5. The second-order valence-corrected chi connectivity index (χ2v) is 5.13. The normalized spacial score (nSPS) is 16.3. The molecular weight excluding hydrogens is 256 g/mol. The molecule has 1 atom stereocenters. The molecule has 20 heavy (non-hydrogen) atoms. The smallest absolute Gasteiger partial charge is 0.227 e. The highest BCUT2D eigenvalue weighted by atomic mass is 16.3. The number of anilines is 2. The number of rotatable bonds is 5. The van der Waals surface area contributed by atoms with E-state index in [0.29, 0.717) is 24.9 Å². The molecule has 108 valence electrons. The van der Waals surface area contributed by atoms with Crippen molar-refractivity contribution in [3.8, 4) is 0 Å². The van der Waals surface area contributed by atoms with Crippen molar-refractivity contribution >= 4 is 23.2 Å². The molecule has 2 amide bonds. The summed E-state index contributed by atoms with van der Waals surface area (Å²) in [6.07, 6.45) is 1.79. The fraction of sp³-hybridized carbons (Fsp3) is 0.467. The minimum Gasteiger partial charge on any atom is -0.393 e. The number of carbonyl (C=O) groups excluding carboxylic acids is 2. The van der Waals surface area contributed by atoms with Crippen LogP contribution in [0.4, 0.5) is 11.4 Å². The molecule has 0 radical (unpaired) electrons. The maximum absolute atomic E-state index is 11.6. The number of nitrogens with zero attached hydrogens (tertiary/aromatic N) is 1. The maximum Gasteiger partial charge on any atom is 0.227 e. The molecule has 1 aromatic carbocycles. The quantitative estimate of drug-likeness (QED) is 0.863. The summed E-state index contributed by atoms with van der Waals surface area (Å²) in [7, 11) is 0. The van der Waals surface area contributed by atoms with E-state index in [-0.39, 0.29) is 11.8 Å². The van der Waals surface area contributed by atoms with Gasteiger partial charge in [-0.15, -0.1) is 0 Å². The van der Waals surface area contributed by atoms with E-state index < -0.39 is 6.10 Å². The van der Waals surface area contributed by atoms with Gasteiger partial charge in [0.25, 0.3) is 0 Å². The van der Waals surface area contributed by atoms with Gasteiger partial charge >= 0.3 is 0 Å². The van der Waals surface area contributed by atoms with Gasteiger partial charge in [0.15, 0.2) is 0 Å². The number of hydrogen-bond acceptors (Lipinski definition) is 3. The van der Waals surface area contributed by atoms with Gasteiger partial charge < -0.3 is 15.3 Å². The van der Waals surface area contributed by atoms with E-state index in [9.17, 15) is 9.59 Å². The van der Waals surface area contributed by atoms with Crippen molar-refractivity contribution in [1.29, 1.82) is 0 Å². The first-order valence-corrected chi connectivity index (χ1v) is 6.94. The third-order valence-electron chi connectivity index (χ3n) is 3.33. The summed E-state index contributed by atoms with van der Waals surface area (Å²) in [5.41, 5.74) is 1.57. The minimum atomic E-state index is -0.468. The largest absolute Gasteiger partial charge is 0.393 e. The van der Waals surface area contributed by atoms with Crippen LogP contribution < -0.4 is 10.2 Å². The average molecular weight is 276 g/mol. The van der Waals surface area contributed by atoms with E-state index in [0.717, 1.165) is 18.7 Å². The number of nitrogens with one attached hydrogen (secondary N) is 1. The molecule has 0 saturated carbocycles. The fourth-order valence-electron chi connectivity index (χ4n) is 2.21. The molecular formula is C15H20N2O3. The highest BCUT2D eigenvalue weighted by Gasteiger charge is 2.21. The molecule has 0 bridgehead atoms. The standard InChI is InChI=1S/C15H20N2O3/c1-11(18)4-9-14(19)16-12-5-7-13(8-6-12)17-10-2-3-15(17)20/h5-8,11,18H,2-4,9-10H2,1H3,(H,16,19). The van der Waals surface area contributed by atoms with Gasteiger partial charge in [-0.05, 0) is 44.0 Å². The van der Waals surface area contributed by atoms with E-state index in [4.69, 9.17) is 5.11 Å². The molecule has 2 rings (SSSR count). The zero-order valence-electron chi connectivity index (χ0n) is 11.6. The van der Waals surface area contributed by atoms with Gasteiger partial charge in [0.1, 0.15) is 0 Å². The molecule has 0 aliphatic carbocycles. The topological polar surface area (TPSA) is 69.6 Å². The Hall–Kier alpha value is -1.88. The summed E-state index contributed by atoms with van der Waals surface area (Å²) in [5, 5.41) is 11.9. The summed E-state index contributed by atoms with van der Waals surface area (Å²) in [5.74, 6) is 0.0367. The van der Waals surface area contributed by atoms with Crippen LogP contribution in [-0.4, -0.2) is 29.6 Å². The molecule has 1 aromatic rings. The molecule has 1 fully saturated rings. The summed E-state index contributed by atoms with van der Waals surface area (Å²) in [6, 6.07) is 7.27. The van der Waals surface area contributed by atoms with Crippen LogP contribution in [0.15, 0.2) is 24.3 Å². The fourth-order valence-corrected chi connectivity index (χ4v) is 2.21. The van der Waals surface area contributed by atoms with Crippen molar-refractivity contribution < 1.29 is 14.7 Å². The second-order valence-electron chi connectivity index (χ2n) is 5.13. The molecule has 5 heteroatoms. The van der Waals surface area contributed by atoms with E-state index in [2.05, 4.69) is 5.32 Å². The highest BCUT2D eigenvalue weighted by molar-refractivity contribution is 5.96. The third-order valence-corrected chi connectivity index (χ3v) is 3.33. The monoisotopic (exact) mass is 276 g/mol. The van der Waals surface area contributed by atoms with Crippen molar-refractivity contribution in [3.63, 3.8) is 0 Å². The van der Waals surface area contributed by atoms with Crippen molar-refractivity contribution in [2.75, 3.05) is 16.8 Å². The number of aliphatic hydroxyl groups excluding tert-OH is 1. The Labute approximate surface area is 118 Å². The molecule has 1 heterocycles. The SMILES string of the molecule is CC(O)CCC(=O)Nc1ccc(N2CCCC2=O)cc1.